The fourth-order valence-electron chi connectivity index (χ4n) is 2.65. The van der Waals surface area contributed by atoms with Gasteiger partial charge >= 0.3 is 0 Å². The van der Waals surface area contributed by atoms with E-state index in [4.69, 9.17) is 0 Å². The third-order valence-electron chi connectivity index (χ3n) is 3.78. The number of nitrogens with one attached hydrogen (secondary N) is 1. The number of aromatic nitrogens is 1. The van der Waals surface area contributed by atoms with Crippen LogP contribution in [0, 0.1) is 6.92 Å². The maximum atomic E-state index is 4.44. The molecule has 3 heteroatoms. The maximum Gasteiger partial charge on any atom is 0.0602 e. The van der Waals surface area contributed by atoms with E-state index in [9.17, 15) is 0 Å². The van der Waals surface area contributed by atoms with Crippen molar-refractivity contribution >= 4 is 11.4 Å². The number of rotatable bonds is 4. The van der Waals surface area contributed by atoms with Gasteiger partial charge in [-0.05, 0) is 43.5 Å². The maximum absolute atomic E-state index is 4.44. The minimum absolute atomic E-state index is 0.769. The molecule has 104 valence electrons. The summed E-state index contributed by atoms with van der Waals surface area (Å²) in [5, 5.41) is 3.52. The summed E-state index contributed by atoms with van der Waals surface area (Å²) >= 11 is 0. The summed E-state index contributed by atoms with van der Waals surface area (Å²) in [6, 6.07) is 12.8. The van der Waals surface area contributed by atoms with Crippen LogP contribution >= 0.6 is 0 Å². The van der Waals surface area contributed by atoms with Crippen LogP contribution in [0.2, 0.25) is 0 Å². The molecule has 0 amide bonds. The highest BCUT2D eigenvalue weighted by Gasteiger charge is 2.15. The molecule has 0 unspecified atom stereocenters. The average molecular weight is 267 g/mol. The molecule has 1 aliphatic heterocycles. The van der Waals surface area contributed by atoms with Gasteiger partial charge in [0.2, 0.25) is 0 Å². The van der Waals surface area contributed by atoms with E-state index in [1.54, 1.807) is 0 Å². The standard InChI is InChI=1S/C17H21N3/c1-14-8-9-15(18-12-14)13-19-16-6-2-3-7-17(16)20-10-4-5-11-20/h2-3,6-9,12,19H,4-5,10-11,13H2,1H3. The number of hydrogen-bond acceptors (Lipinski definition) is 3. The first kappa shape index (κ1) is 13.0. The molecule has 2 heterocycles. The van der Waals surface area contributed by atoms with Gasteiger partial charge in [-0.3, -0.25) is 4.98 Å². The van der Waals surface area contributed by atoms with Crippen molar-refractivity contribution in [3.8, 4) is 0 Å². The molecule has 0 radical (unpaired) electrons. The molecular formula is C17H21N3. The van der Waals surface area contributed by atoms with Gasteiger partial charge in [0.05, 0.1) is 23.6 Å². The molecule has 0 atom stereocenters. The molecule has 1 aromatic carbocycles. The highest BCUT2D eigenvalue weighted by Crippen LogP contribution is 2.28. The first-order chi connectivity index (χ1) is 9.83. The van der Waals surface area contributed by atoms with Crippen molar-refractivity contribution in [2.45, 2.75) is 26.3 Å². The normalized spacial score (nSPS) is 14.6. The fraction of sp³-hybridized carbons (Fsp3) is 0.353. The second-order valence-corrected chi connectivity index (χ2v) is 5.39. The van der Waals surface area contributed by atoms with Crippen LogP contribution in [-0.4, -0.2) is 18.1 Å². The van der Waals surface area contributed by atoms with Gasteiger partial charge in [-0.1, -0.05) is 18.2 Å². The Labute approximate surface area is 120 Å². The highest BCUT2D eigenvalue weighted by molar-refractivity contribution is 5.70. The SMILES string of the molecule is Cc1ccc(CNc2ccccc2N2CCCC2)nc1. The fourth-order valence-corrected chi connectivity index (χ4v) is 2.65. The van der Waals surface area contributed by atoms with E-state index < -0.39 is 0 Å². The minimum atomic E-state index is 0.769. The Bertz CT molecular complexity index is 557. The molecule has 0 spiro atoms. The van der Waals surface area contributed by atoms with Crippen LogP contribution in [-0.2, 0) is 6.54 Å². The summed E-state index contributed by atoms with van der Waals surface area (Å²) in [5.74, 6) is 0. The topological polar surface area (TPSA) is 28.2 Å². The number of pyridine rings is 1. The highest BCUT2D eigenvalue weighted by atomic mass is 15.2. The van der Waals surface area contributed by atoms with Gasteiger partial charge in [0.1, 0.15) is 0 Å². The number of para-hydroxylation sites is 2. The van der Waals surface area contributed by atoms with Crippen molar-refractivity contribution in [3.05, 3.63) is 53.9 Å². The lowest BCUT2D eigenvalue weighted by molar-refractivity contribution is 0.949. The van der Waals surface area contributed by atoms with E-state index in [-0.39, 0.29) is 0 Å². The monoisotopic (exact) mass is 267 g/mol. The zero-order chi connectivity index (χ0) is 13.8. The van der Waals surface area contributed by atoms with E-state index in [1.807, 2.05) is 6.20 Å². The van der Waals surface area contributed by atoms with Gasteiger partial charge in [0.25, 0.3) is 0 Å². The molecule has 3 rings (SSSR count). The Morgan fingerprint density at radius 1 is 1.10 bits per heavy atom. The van der Waals surface area contributed by atoms with E-state index in [0.29, 0.717) is 0 Å². The first-order valence-electron chi connectivity index (χ1n) is 7.32. The Kier molecular flexibility index (Phi) is 3.86. The second kappa shape index (κ2) is 5.95. The van der Waals surface area contributed by atoms with E-state index in [1.165, 1.54) is 42.9 Å². The smallest absolute Gasteiger partial charge is 0.0602 e. The molecule has 1 fully saturated rings. The lowest BCUT2D eigenvalue weighted by atomic mass is 10.2. The summed E-state index contributed by atoms with van der Waals surface area (Å²) in [5.41, 5.74) is 4.80. The predicted octanol–water partition coefficient (Wildman–Crippen LogP) is 3.60. The quantitative estimate of drug-likeness (QED) is 0.917. The van der Waals surface area contributed by atoms with Crippen molar-refractivity contribution < 1.29 is 0 Å². The van der Waals surface area contributed by atoms with Gasteiger partial charge in [-0.15, -0.1) is 0 Å². The van der Waals surface area contributed by atoms with Crippen LogP contribution in [0.3, 0.4) is 0 Å². The van der Waals surface area contributed by atoms with Crippen LogP contribution in [0.5, 0.6) is 0 Å². The number of hydrogen-bond donors (Lipinski definition) is 1. The van der Waals surface area contributed by atoms with Crippen LogP contribution in [0.1, 0.15) is 24.1 Å². The van der Waals surface area contributed by atoms with E-state index in [0.717, 1.165) is 12.2 Å². The Balaban J connectivity index is 1.72. The second-order valence-electron chi connectivity index (χ2n) is 5.39. The molecule has 2 aromatic rings. The third-order valence-corrected chi connectivity index (χ3v) is 3.78. The zero-order valence-electron chi connectivity index (χ0n) is 12.0. The lowest BCUT2D eigenvalue weighted by Crippen LogP contribution is -2.19. The zero-order valence-corrected chi connectivity index (χ0v) is 12.0. The van der Waals surface area contributed by atoms with Gasteiger partial charge in [0, 0.05) is 19.3 Å². The van der Waals surface area contributed by atoms with Crippen LogP contribution < -0.4 is 10.2 Å². The number of anilines is 2. The van der Waals surface area contributed by atoms with Crippen LogP contribution in [0.15, 0.2) is 42.6 Å². The molecule has 20 heavy (non-hydrogen) atoms. The summed E-state index contributed by atoms with van der Waals surface area (Å²) < 4.78 is 0. The van der Waals surface area contributed by atoms with Crippen molar-refractivity contribution in [1.82, 2.24) is 4.98 Å². The molecule has 1 N–H and O–H groups in total. The van der Waals surface area contributed by atoms with Crippen molar-refractivity contribution in [1.29, 1.82) is 0 Å². The third kappa shape index (κ3) is 2.93. The summed E-state index contributed by atoms with van der Waals surface area (Å²) in [7, 11) is 0. The number of aryl methyl sites for hydroxylation is 1. The summed E-state index contributed by atoms with van der Waals surface area (Å²) in [6.07, 6.45) is 4.52. The van der Waals surface area contributed by atoms with Gasteiger partial charge in [-0.25, -0.2) is 0 Å². The van der Waals surface area contributed by atoms with Crippen molar-refractivity contribution in [2.75, 3.05) is 23.3 Å². The largest absolute Gasteiger partial charge is 0.378 e. The number of benzene rings is 1. The lowest BCUT2D eigenvalue weighted by Gasteiger charge is -2.21. The molecule has 0 aliphatic carbocycles. The number of nitrogens with zero attached hydrogens (tertiary/aromatic N) is 2. The Morgan fingerprint density at radius 2 is 1.90 bits per heavy atom. The van der Waals surface area contributed by atoms with Crippen LogP contribution in [0.4, 0.5) is 11.4 Å². The van der Waals surface area contributed by atoms with Crippen LogP contribution in [0.25, 0.3) is 0 Å². The Hall–Kier alpha value is -2.03. The van der Waals surface area contributed by atoms with Crippen molar-refractivity contribution in [3.63, 3.8) is 0 Å². The van der Waals surface area contributed by atoms with Gasteiger partial charge in [-0.2, -0.15) is 0 Å². The Morgan fingerprint density at radius 3 is 2.65 bits per heavy atom. The van der Waals surface area contributed by atoms with Crippen molar-refractivity contribution in [2.24, 2.45) is 0 Å². The molecule has 1 aromatic heterocycles. The average Bonchev–Trinajstić information content (AvgIpc) is 3.01. The first-order valence-corrected chi connectivity index (χ1v) is 7.32. The molecule has 0 saturated carbocycles. The van der Waals surface area contributed by atoms with E-state index in [2.05, 4.69) is 58.5 Å². The summed E-state index contributed by atoms with van der Waals surface area (Å²) in [6.45, 7) is 5.17. The van der Waals surface area contributed by atoms with Gasteiger partial charge in [0.15, 0.2) is 0 Å². The minimum Gasteiger partial charge on any atom is -0.378 e. The molecule has 0 bridgehead atoms. The molecular weight excluding hydrogens is 246 g/mol. The van der Waals surface area contributed by atoms with Gasteiger partial charge < -0.3 is 10.2 Å². The summed E-state index contributed by atoms with van der Waals surface area (Å²) in [4.78, 5) is 6.91. The molecule has 3 nitrogen and oxygen atoms in total. The van der Waals surface area contributed by atoms with E-state index >= 15 is 0 Å². The molecule has 1 aliphatic rings. The predicted molar refractivity (Wildman–Crippen MR) is 84.2 cm³/mol. The molecule has 1 saturated heterocycles.